The van der Waals surface area contributed by atoms with Gasteiger partial charge in [-0.05, 0) is 30.4 Å². The van der Waals surface area contributed by atoms with Crippen LogP contribution in [0.4, 0.5) is 0 Å². The van der Waals surface area contributed by atoms with E-state index in [4.69, 9.17) is 0 Å². The molecule has 5 nitrogen and oxygen atoms in total. The number of aliphatic imine (C=N–C) groups is 1. The SMILES string of the molecule is Cc1ccc(CN=C(NCCc2cccs2)NCC(=O)N(C)C)cc1.I. The number of benzene rings is 1. The van der Waals surface area contributed by atoms with E-state index in [9.17, 15) is 4.79 Å². The summed E-state index contributed by atoms with van der Waals surface area (Å²) in [6, 6.07) is 12.5. The van der Waals surface area contributed by atoms with E-state index in [1.807, 2.05) is 0 Å². The average molecular weight is 486 g/mol. The zero-order valence-corrected chi connectivity index (χ0v) is 18.6. The number of aryl methyl sites for hydroxylation is 1. The molecular formula is C19H27IN4OS. The lowest BCUT2D eigenvalue weighted by Crippen LogP contribution is -2.43. The van der Waals surface area contributed by atoms with Crippen molar-refractivity contribution in [3.05, 3.63) is 57.8 Å². The second-order valence-corrected chi connectivity index (χ2v) is 7.08. The first-order valence-corrected chi connectivity index (χ1v) is 9.23. The number of nitrogens with zero attached hydrogens (tertiary/aromatic N) is 2. The van der Waals surface area contributed by atoms with Crippen molar-refractivity contribution in [2.75, 3.05) is 27.2 Å². The number of carbonyl (C=O) groups is 1. The molecule has 1 aromatic carbocycles. The molecule has 0 aliphatic heterocycles. The first kappa shape index (κ1) is 22.4. The lowest BCUT2D eigenvalue weighted by molar-refractivity contribution is -0.127. The fourth-order valence-corrected chi connectivity index (χ4v) is 2.82. The van der Waals surface area contributed by atoms with E-state index in [0.717, 1.165) is 18.5 Å². The zero-order chi connectivity index (χ0) is 18.1. The molecule has 0 aliphatic carbocycles. The van der Waals surface area contributed by atoms with E-state index in [-0.39, 0.29) is 36.4 Å². The van der Waals surface area contributed by atoms with Gasteiger partial charge in [0.1, 0.15) is 0 Å². The quantitative estimate of drug-likeness (QED) is 0.360. The zero-order valence-electron chi connectivity index (χ0n) is 15.5. The first-order valence-electron chi connectivity index (χ1n) is 8.35. The third-order valence-electron chi connectivity index (χ3n) is 3.69. The minimum absolute atomic E-state index is 0. The molecule has 142 valence electrons. The molecule has 7 heteroatoms. The monoisotopic (exact) mass is 486 g/mol. The highest BCUT2D eigenvalue weighted by molar-refractivity contribution is 14.0. The van der Waals surface area contributed by atoms with Crippen molar-refractivity contribution in [2.45, 2.75) is 19.9 Å². The summed E-state index contributed by atoms with van der Waals surface area (Å²) < 4.78 is 0. The van der Waals surface area contributed by atoms with Crippen LogP contribution in [0, 0.1) is 6.92 Å². The van der Waals surface area contributed by atoms with E-state index < -0.39 is 0 Å². The van der Waals surface area contributed by atoms with E-state index in [2.05, 4.69) is 64.3 Å². The molecule has 0 saturated carbocycles. The molecule has 2 aromatic rings. The molecule has 1 amide bonds. The van der Waals surface area contributed by atoms with Gasteiger partial charge in [0.25, 0.3) is 0 Å². The Morgan fingerprint density at radius 3 is 2.50 bits per heavy atom. The standard InChI is InChI=1S/C19H26N4OS.HI/c1-15-6-8-16(9-7-15)13-21-19(22-14-18(24)23(2)3)20-11-10-17-5-4-12-25-17;/h4-9,12H,10-11,13-14H2,1-3H3,(H2,20,21,22);1H. The summed E-state index contributed by atoms with van der Waals surface area (Å²) >= 11 is 1.75. The Hall–Kier alpha value is -1.61. The minimum atomic E-state index is 0. The molecule has 1 heterocycles. The third-order valence-corrected chi connectivity index (χ3v) is 4.63. The van der Waals surface area contributed by atoms with Gasteiger partial charge < -0.3 is 15.5 Å². The Kier molecular flexibility index (Phi) is 10.3. The summed E-state index contributed by atoms with van der Waals surface area (Å²) in [6.45, 7) is 3.64. The molecule has 2 N–H and O–H groups in total. The number of amides is 1. The lowest BCUT2D eigenvalue weighted by Gasteiger charge is -2.15. The summed E-state index contributed by atoms with van der Waals surface area (Å²) in [5.41, 5.74) is 2.38. The van der Waals surface area contributed by atoms with Gasteiger partial charge in [-0.1, -0.05) is 35.9 Å². The van der Waals surface area contributed by atoms with Gasteiger partial charge in [-0.2, -0.15) is 0 Å². The van der Waals surface area contributed by atoms with Crippen molar-refractivity contribution in [3.8, 4) is 0 Å². The van der Waals surface area contributed by atoms with Gasteiger partial charge in [0.15, 0.2) is 5.96 Å². The second kappa shape index (κ2) is 11.9. The Balaban J connectivity index is 0.00000338. The summed E-state index contributed by atoms with van der Waals surface area (Å²) in [4.78, 5) is 19.3. The van der Waals surface area contributed by atoms with Crippen LogP contribution in [-0.2, 0) is 17.8 Å². The summed E-state index contributed by atoms with van der Waals surface area (Å²) in [5, 5.41) is 8.50. The van der Waals surface area contributed by atoms with Gasteiger partial charge in [-0.15, -0.1) is 35.3 Å². The van der Waals surface area contributed by atoms with E-state index in [1.54, 1.807) is 30.3 Å². The topological polar surface area (TPSA) is 56.7 Å². The number of hydrogen-bond acceptors (Lipinski definition) is 3. The number of likely N-dealkylation sites (N-methyl/N-ethyl adjacent to an activating group) is 1. The number of carbonyl (C=O) groups excluding carboxylic acids is 1. The predicted octanol–water partition coefficient (Wildman–Crippen LogP) is 3.04. The molecule has 0 fully saturated rings. The number of thiophene rings is 1. The molecule has 0 bridgehead atoms. The Morgan fingerprint density at radius 1 is 1.15 bits per heavy atom. The maximum absolute atomic E-state index is 11.8. The molecule has 1 aromatic heterocycles. The highest BCUT2D eigenvalue weighted by atomic mass is 127. The lowest BCUT2D eigenvalue weighted by atomic mass is 10.1. The Morgan fingerprint density at radius 2 is 1.88 bits per heavy atom. The van der Waals surface area contributed by atoms with Crippen LogP contribution in [-0.4, -0.2) is 44.0 Å². The Labute approximate surface area is 176 Å². The van der Waals surface area contributed by atoms with Crippen LogP contribution in [0.25, 0.3) is 0 Å². The third kappa shape index (κ3) is 8.18. The smallest absolute Gasteiger partial charge is 0.241 e. The normalized spacial score (nSPS) is 10.8. The number of halogens is 1. The molecule has 2 rings (SSSR count). The van der Waals surface area contributed by atoms with E-state index in [0.29, 0.717) is 12.5 Å². The fraction of sp³-hybridized carbons (Fsp3) is 0.368. The maximum atomic E-state index is 11.8. The van der Waals surface area contributed by atoms with Crippen LogP contribution in [0.1, 0.15) is 16.0 Å². The number of guanidine groups is 1. The number of rotatable bonds is 7. The highest BCUT2D eigenvalue weighted by Crippen LogP contribution is 2.08. The number of hydrogen-bond donors (Lipinski definition) is 2. The van der Waals surface area contributed by atoms with Crippen molar-refractivity contribution in [3.63, 3.8) is 0 Å². The largest absolute Gasteiger partial charge is 0.356 e. The number of nitrogens with one attached hydrogen (secondary N) is 2. The summed E-state index contributed by atoms with van der Waals surface area (Å²) in [5.74, 6) is 0.676. The fourth-order valence-electron chi connectivity index (χ4n) is 2.11. The van der Waals surface area contributed by atoms with Crippen molar-refractivity contribution >= 4 is 47.2 Å². The van der Waals surface area contributed by atoms with Crippen LogP contribution in [0.2, 0.25) is 0 Å². The molecule has 26 heavy (non-hydrogen) atoms. The van der Waals surface area contributed by atoms with Gasteiger partial charge in [-0.3, -0.25) is 4.79 Å². The highest BCUT2D eigenvalue weighted by Gasteiger charge is 2.06. The maximum Gasteiger partial charge on any atom is 0.241 e. The summed E-state index contributed by atoms with van der Waals surface area (Å²) in [6.07, 6.45) is 0.935. The van der Waals surface area contributed by atoms with Gasteiger partial charge in [-0.25, -0.2) is 4.99 Å². The van der Waals surface area contributed by atoms with E-state index >= 15 is 0 Å². The van der Waals surface area contributed by atoms with Gasteiger partial charge >= 0.3 is 0 Å². The molecule has 0 spiro atoms. The van der Waals surface area contributed by atoms with Gasteiger partial charge in [0.05, 0.1) is 13.1 Å². The van der Waals surface area contributed by atoms with Crippen LogP contribution < -0.4 is 10.6 Å². The average Bonchev–Trinajstić information content (AvgIpc) is 3.11. The molecule has 0 radical (unpaired) electrons. The van der Waals surface area contributed by atoms with Crippen LogP contribution in [0.15, 0.2) is 46.8 Å². The summed E-state index contributed by atoms with van der Waals surface area (Å²) in [7, 11) is 3.49. The van der Waals surface area contributed by atoms with Crippen molar-refractivity contribution < 1.29 is 4.79 Å². The van der Waals surface area contributed by atoms with Gasteiger partial charge in [0.2, 0.25) is 5.91 Å². The van der Waals surface area contributed by atoms with E-state index in [1.165, 1.54) is 10.4 Å². The molecular weight excluding hydrogens is 459 g/mol. The molecule has 0 aliphatic rings. The predicted molar refractivity (Wildman–Crippen MR) is 120 cm³/mol. The van der Waals surface area contributed by atoms with Crippen molar-refractivity contribution in [1.29, 1.82) is 0 Å². The van der Waals surface area contributed by atoms with Crippen LogP contribution in [0.5, 0.6) is 0 Å². The molecule has 0 saturated heterocycles. The second-order valence-electron chi connectivity index (χ2n) is 6.05. The molecule has 0 unspecified atom stereocenters. The van der Waals surface area contributed by atoms with Crippen LogP contribution in [0.3, 0.4) is 0 Å². The Bertz CT molecular complexity index is 684. The minimum Gasteiger partial charge on any atom is -0.356 e. The van der Waals surface area contributed by atoms with Crippen molar-refractivity contribution in [1.82, 2.24) is 15.5 Å². The van der Waals surface area contributed by atoms with Crippen LogP contribution >= 0.6 is 35.3 Å². The first-order chi connectivity index (χ1) is 12.0. The van der Waals surface area contributed by atoms with Gasteiger partial charge in [0, 0.05) is 25.5 Å². The van der Waals surface area contributed by atoms with Crippen molar-refractivity contribution in [2.24, 2.45) is 4.99 Å². The molecule has 0 atom stereocenters.